The van der Waals surface area contributed by atoms with Gasteiger partial charge in [-0.15, -0.1) is 0 Å². The zero-order valence-electron chi connectivity index (χ0n) is 15.3. The third kappa shape index (κ3) is 2.80. The van der Waals surface area contributed by atoms with Gasteiger partial charge in [-0.25, -0.2) is 0 Å². The molecule has 0 saturated carbocycles. The summed E-state index contributed by atoms with van der Waals surface area (Å²) in [7, 11) is 0. The number of hydrogen-bond donors (Lipinski definition) is 0. The zero-order chi connectivity index (χ0) is 18.8. The number of halogens is 1. The van der Waals surface area contributed by atoms with Crippen molar-refractivity contribution in [3.63, 3.8) is 0 Å². The molecule has 0 N–H and O–H groups in total. The van der Waals surface area contributed by atoms with Crippen LogP contribution in [0.3, 0.4) is 0 Å². The van der Waals surface area contributed by atoms with Crippen LogP contribution in [0, 0.1) is 6.92 Å². The Kier molecular flexibility index (Phi) is 5.01. The number of rotatable bonds is 4. The van der Waals surface area contributed by atoms with Crippen molar-refractivity contribution in [1.82, 2.24) is 0 Å². The van der Waals surface area contributed by atoms with Crippen LogP contribution in [0.15, 0.2) is 115 Å². The first kappa shape index (κ1) is 18.5. The molecule has 4 aromatic carbocycles. The topological polar surface area (TPSA) is 0 Å². The van der Waals surface area contributed by atoms with E-state index in [4.69, 9.17) is 0 Å². The molecule has 0 unspecified atom stereocenters. The van der Waals surface area contributed by atoms with Gasteiger partial charge in [-0.05, 0) is 0 Å². The summed E-state index contributed by atoms with van der Waals surface area (Å²) in [5.41, 5.74) is 1.33. The van der Waals surface area contributed by atoms with Crippen LogP contribution in [-0.4, -0.2) is 15.1 Å². The van der Waals surface area contributed by atoms with Crippen LogP contribution < -0.4 is 14.0 Å². The van der Waals surface area contributed by atoms with Crippen LogP contribution in [0.5, 0.6) is 0 Å². The molecule has 4 aromatic rings. The van der Waals surface area contributed by atoms with E-state index in [1.807, 2.05) is 0 Å². The monoisotopic (exact) mass is 522 g/mol. The second-order valence-electron chi connectivity index (χ2n) is 6.80. The molecule has 0 bridgehead atoms. The van der Waals surface area contributed by atoms with E-state index in [-0.39, 0.29) is 0 Å². The molecule has 0 heterocycles. The van der Waals surface area contributed by atoms with Gasteiger partial charge in [0, 0.05) is 0 Å². The second-order valence-corrected chi connectivity index (χ2v) is 27.9. The maximum atomic E-state index is 4.58. The predicted octanol–water partition coefficient (Wildman–Crippen LogP) is 4.22. The van der Waals surface area contributed by atoms with Gasteiger partial charge in [0.1, 0.15) is 0 Å². The molecule has 0 atom stereocenters. The zero-order valence-corrected chi connectivity index (χ0v) is 19.4. The summed E-state index contributed by atoms with van der Waals surface area (Å²) >= 11 is 0.428. The van der Waals surface area contributed by atoms with Crippen LogP contribution in [0.4, 0.5) is 0 Å². The van der Waals surface area contributed by atoms with Gasteiger partial charge < -0.3 is 0 Å². The molecule has 0 spiro atoms. The molecule has 134 valence electrons. The molecule has 0 saturated heterocycles. The summed E-state index contributed by atoms with van der Waals surface area (Å²) in [6.45, 7) is 2.23. The molecular weight excluding hydrogens is 502 g/mol. The van der Waals surface area contributed by atoms with Crippen molar-refractivity contribution in [1.29, 1.82) is 0 Å². The summed E-state index contributed by atoms with van der Waals surface area (Å²) in [5.74, 6) is 0. The standard InChI is InChI=1S/C7H7.3C6H5.BrH.Sb/c1-7-5-3-2-4-6-7;3*1-2-4-6-5-3-1;;/h2-5H,1H3;3*1-5H;1H;/q;;;;;+1/p-1. The Labute approximate surface area is 168 Å². The summed E-state index contributed by atoms with van der Waals surface area (Å²) in [6, 6.07) is 41.9. The van der Waals surface area contributed by atoms with Crippen molar-refractivity contribution in [3.8, 4) is 0 Å². The fourth-order valence-corrected chi connectivity index (χ4v) is 25.8. The van der Waals surface area contributed by atoms with Crippen molar-refractivity contribution in [2.24, 2.45) is 0 Å². The van der Waals surface area contributed by atoms with Crippen LogP contribution in [0.25, 0.3) is 0 Å². The quantitative estimate of drug-likeness (QED) is 0.351. The summed E-state index contributed by atoms with van der Waals surface area (Å²) in [4.78, 5) is 0. The van der Waals surface area contributed by atoms with Gasteiger partial charge in [0.05, 0.1) is 0 Å². The van der Waals surface area contributed by atoms with Crippen molar-refractivity contribution < 1.29 is 0 Å². The van der Waals surface area contributed by atoms with Crippen LogP contribution in [0.1, 0.15) is 5.56 Å². The summed E-state index contributed by atoms with van der Waals surface area (Å²) < 4.78 is 5.58. The molecule has 0 aliphatic carbocycles. The van der Waals surface area contributed by atoms with E-state index in [0.717, 1.165) is 0 Å². The number of aryl methyl sites for hydroxylation is 1. The second kappa shape index (κ2) is 7.30. The van der Waals surface area contributed by atoms with E-state index in [1.165, 1.54) is 19.6 Å². The molecule has 0 amide bonds. The Hall–Kier alpha value is -1.82. The Morgan fingerprint density at radius 3 is 1.19 bits per heavy atom. The number of hydrogen-bond acceptors (Lipinski definition) is 0. The maximum absolute atomic E-state index is 4.58. The first-order chi connectivity index (χ1) is 13.2. The van der Waals surface area contributed by atoms with Crippen LogP contribution in [0.2, 0.25) is 0 Å². The van der Waals surface area contributed by atoms with Crippen molar-refractivity contribution in [3.05, 3.63) is 121 Å². The summed E-state index contributed by atoms with van der Waals surface area (Å²) in [6.07, 6.45) is 0. The molecule has 0 aliphatic heterocycles. The molecule has 0 fully saturated rings. The van der Waals surface area contributed by atoms with Crippen molar-refractivity contribution in [2.75, 3.05) is 0 Å². The van der Waals surface area contributed by atoms with Crippen molar-refractivity contribution in [2.45, 2.75) is 6.92 Å². The fourth-order valence-electron chi connectivity index (χ4n) is 4.02. The predicted molar refractivity (Wildman–Crippen MR) is 124 cm³/mol. The molecule has 2 heteroatoms. The third-order valence-electron chi connectivity index (χ3n) is 5.29. The van der Waals surface area contributed by atoms with E-state index in [0.29, 0.717) is 0 Å². The van der Waals surface area contributed by atoms with Gasteiger partial charge in [-0.2, -0.15) is 0 Å². The van der Waals surface area contributed by atoms with Crippen LogP contribution in [-0.2, 0) is 0 Å². The minimum atomic E-state index is -4.15. The molecule has 0 aromatic heterocycles. The molecular formula is C25H22BrSb. The van der Waals surface area contributed by atoms with Gasteiger partial charge in [0.2, 0.25) is 0 Å². The van der Waals surface area contributed by atoms with Gasteiger partial charge in [-0.1, -0.05) is 0 Å². The molecule has 0 nitrogen and oxygen atoms in total. The molecule has 4 rings (SSSR count). The minimum absolute atomic E-state index is 1.33. The molecule has 0 aliphatic rings. The van der Waals surface area contributed by atoms with Crippen molar-refractivity contribution >= 4 is 41.8 Å². The Morgan fingerprint density at radius 1 is 0.481 bits per heavy atom. The fraction of sp³-hybridized carbons (Fsp3) is 0.0400. The van der Waals surface area contributed by atoms with Gasteiger partial charge in [-0.3, -0.25) is 0 Å². The number of benzene rings is 4. The summed E-state index contributed by atoms with van der Waals surface area (Å²) in [5, 5.41) is 0. The SMILES string of the molecule is Cc1cccc[c]1[Sb]([Br])([c]1ccccc1)([c]1ccccc1)[c]1ccccc1. The average molecular weight is 524 g/mol. The van der Waals surface area contributed by atoms with E-state index in [2.05, 4.69) is 135 Å². The first-order valence-corrected chi connectivity index (χ1v) is 20.0. The van der Waals surface area contributed by atoms with E-state index in [9.17, 15) is 0 Å². The molecule has 27 heavy (non-hydrogen) atoms. The third-order valence-corrected chi connectivity index (χ3v) is 31.0. The van der Waals surface area contributed by atoms with Gasteiger partial charge in [0.15, 0.2) is 0 Å². The molecule has 0 radical (unpaired) electrons. The van der Waals surface area contributed by atoms with E-state index < -0.39 is 15.1 Å². The average Bonchev–Trinajstić information content (AvgIpc) is 2.75. The van der Waals surface area contributed by atoms with Crippen LogP contribution >= 0.6 is 12.6 Å². The van der Waals surface area contributed by atoms with Gasteiger partial charge >= 0.3 is 170 Å². The van der Waals surface area contributed by atoms with E-state index in [1.54, 1.807) is 0 Å². The van der Waals surface area contributed by atoms with E-state index >= 15 is 0 Å². The normalized spacial score (nSPS) is 12.9. The van der Waals surface area contributed by atoms with Gasteiger partial charge in [0.25, 0.3) is 0 Å². The Bertz CT molecular complexity index is 944. The Balaban J connectivity index is 2.26. The first-order valence-electron chi connectivity index (χ1n) is 9.12. The Morgan fingerprint density at radius 2 is 0.815 bits per heavy atom.